The van der Waals surface area contributed by atoms with Crippen LogP contribution in [0.25, 0.3) is 11.3 Å². The predicted molar refractivity (Wildman–Crippen MR) is 71.8 cm³/mol. The number of aromatic nitrogens is 1. The van der Waals surface area contributed by atoms with E-state index in [1.807, 2.05) is 19.0 Å². The Morgan fingerprint density at radius 1 is 1.35 bits per heavy atom. The Bertz CT molecular complexity index is 656. The molecule has 1 aromatic carbocycles. The lowest BCUT2D eigenvalue weighted by Gasteiger charge is -2.05. The van der Waals surface area contributed by atoms with Gasteiger partial charge >= 0.3 is 5.97 Å². The summed E-state index contributed by atoms with van der Waals surface area (Å²) in [6.45, 7) is 0.481. The van der Waals surface area contributed by atoms with Gasteiger partial charge in [-0.2, -0.15) is 0 Å². The molecule has 0 saturated heterocycles. The third-order valence-corrected chi connectivity index (χ3v) is 3.54. The second-order valence-electron chi connectivity index (χ2n) is 4.46. The summed E-state index contributed by atoms with van der Waals surface area (Å²) in [5, 5.41) is 9.79. The van der Waals surface area contributed by atoms with E-state index >= 15 is 0 Å². The van der Waals surface area contributed by atoms with Gasteiger partial charge in [0.25, 0.3) is 0 Å². The van der Waals surface area contributed by atoms with Crippen molar-refractivity contribution in [1.29, 1.82) is 0 Å². The molecule has 0 fully saturated rings. The van der Waals surface area contributed by atoms with Crippen LogP contribution in [-0.2, 0) is 6.54 Å². The van der Waals surface area contributed by atoms with Crippen molar-refractivity contribution in [3.8, 4) is 11.3 Å². The smallest absolute Gasteiger partial charge is 0.348 e. The van der Waals surface area contributed by atoms with Gasteiger partial charge in [-0.15, -0.1) is 11.3 Å². The lowest BCUT2D eigenvalue weighted by molar-refractivity contribution is 0.0702. The van der Waals surface area contributed by atoms with Crippen LogP contribution in [0.15, 0.2) is 18.2 Å². The molecule has 1 N–H and O–H groups in total. The number of carboxylic acids is 1. The molecule has 0 aliphatic rings. The van der Waals surface area contributed by atoms with E-state index in [4.69, 9.17) is 0 Å². The van der Waals surface area contributed by atoms with E-state index in [2.05, 4.69) is 4.98 Å². The molecule has 2 aromatic rings. The largest absolute Gasteiger partial charge is 0.477 e. The molecule has 2 rings (SSSR count). The Hall–Kier alpha value is -1.86. The molecule has 1 aromatic heterocycles. The normalized spacial score (nSPS) is 11.1. The summed E-state index contributed by atoms with van der Waals surface area (Å²) in [6, 6.07) is 3.23. The van der Waals surface area contributed by atoms with Gasteiger partial charge in [-0.05, 0) is 32.3 Å². The van der Waals surface area contributed by atoms with Crippen LogP contribution in [0.5, 0.6) is 0 Å². The summed E-state index contributed by atoms with van der Waals surface area (Å²) in [5.74, 6) is -3.14. The van der Waals surface area contributed by atoms with Crippen molar-refractivity contribution in [2.45, 2.75) is 6.54 Å². The van der Waals surface area contributed by atoms with E-state index < -0.39 is 17.6 Å². The first-order valence-corrected chi connectivity index (χ1v) is 6.53. The standard InChI is InChI=1S/C13H12F2N2O2S/c1-17(2)6-10-16-11(12(20-10)13(18)19)7-3-4-8(14)9(15)5-7/h3-5H,6H2,1-2H3,(H,18,19). The summed E-state index contributed by atoms with van der Waals surface area (Å²) in [6.07, 6.45) is 0. The fraction of sp³-hybridized carbons (Fsp3) is 0.231. The monoisotopic (exact) mass is 298 g/mol. The molecule has 20 heavy (non-hydrogen) atoms. The maximum Gasteiger partial charge on any atom is 0.348 e. The van der Waals surface area contributed by atoms with Crippen molar-refractivity contribution in [3.05, 3.63) is 39.7 Å². The van der Waals surface area contributed by atoms with E-state index in [1.165, 1.54) is 6.07 Å². The Kier molecular flexibility index (Phi) is 4.10. The summed E-state index contributed by atoms with van der Waals surface area (Å²) < 4.78 is 26.2. The SMILES string of the molecule is CN(C)Cc1nc(-c2ccc(F)c(F)c2)c(C(=O)O)s1. The van der Waals surface area contributed by atoms with E-state index in [9.17, 15) is 18.7 Å². The maximum atomic E-state index is 13.3. The highest BCUT2D eigenvalue weighted by Gasteiger charge is 2.20. The Morgan fingerprint density at radius 3 is 2.60 bits per heavy atom. The van der Waals surface area contributed by atoms with Gasteiger partial charge in [0.15, 0.2) is 11.6 Å². The number of benzene rings is 1. The van der Waals surface area contributed by atoms with Crippen molar-refractivity contribution in [1.82, 2.24) is 9.88 Å². The van der Waals surface area contributed by atoms with E-state index in [0.29, 0.717) is 11.6 Å². The molecule has 0 unspecified atom stereocenters. The van der Waals surface area contributed by atoms with Crippen LogP contribution >= 0.6 is 11.3 Å². The molecule has 0 aliphatic heterocycles. The molecule has 0 radical (unpaired) electrons. The van der Waals surface area contributed by atoms with Crippen LogP contribution in [0, 0.1) is 11.6 Å². The van der Waals surface area contributed by atoms with Gasteiger partial charge in [0.05, 0.1) is 5.69 Å². The first-order valence-electron chi connectivity index (χ1n) is 5.71. The molecule has 0 spiro atoms. The van der Waals surface area contributed by atoms with E-state index in [0.717, 1.165) is 23.5 Å². The second-order valence-corrected chi connectivity index (χ2v) is 5.54. The first-order chi connectivity index (χ1) is 9.38. The van der Waals surface area contributed by atoms with Gasteiger partial charge in [-0.25, -0.2) is 18.6 Å². The summed E-state index contributed by atoms with van der Waals surface area (Å²) in [4.78, 5) is 17.3. The molecule has 0 atom stereocenters. The minimum atomic E-state index is -1.13. The fourth-order valence-electron chi connectivity index (χ4n) is 1.69. The van der Waals surface area contributed by atoms with Crippen LogP contribution in [0.4, 0.5) is 8.78 Å². The Morgan fingerprint density at radius 2 is 2.05 bits per heavy atom. The molecule has 7 heteroatoms. The third kappa shape index (κ3) is 3.00. The highest BCUT2D eigenvalue weighted by atomic mass is 32.1. The zero-order chi connectivity index (χ0) is 14.9. The molecular formula is C13H12F2N2O2S. The molecule has 1 heterocycles. The van der Waals surface area contributed by atoms with Crippen LogP contribution in [0.3, 0.4) is 0 Å². The minimum absolute atomic E-state index is 0.0212. The number of carbonyl (C=O) groups is 1. The topological polar surface area (TPSA) is 53.4 Å². The zero-order valence-corrected chi connectivity index (χ0v) is 11.7. The van der Waals surface area contributed by atoms with Gasteiger partial charge in [0.1, 0.15) is 9.88 Å². The average molecular weight is 298 g/mol. The van der Waals surface area contributed by atoms with Gasteiger partial charge in [-0.3, -0.25) is 0 Å². The number of rotatable bonds is 4. The van der Waals surface area contributed by atoms with Crippen LogP contribution in [0.1, 0.15) is 14.7 Å². The number of nitrogens with zero attached hydrogens (tertiary/aromatic N) is 2. The fourth-order valence-corrected chi connectivity index (χ4v) is 2.73. The molecule has 106 valence electrons. The van der Waals surface area contributed by atoms with Gasteiger partial charge in [0.2, 0.25) is 0 Å². The van der Waals surface area contributed by atoms with Crippen LogP contribution in [0.2, 0.25) is 0 Å². The lowest BCUT2D eigenvalue weighted by atomic mass is 10.1. The number of aromatic carboxylic acids is 1. The molecule has 0 aliphatic carbocycles. The van der Waals surface area contributed by atoms with Gasteiger partial charge in [0, 0.05) is 12.1 Å². The Balaban J connectivity index is 2.50. The number of hydrogen-bond donors (Lipinski definition) is 1. The van der Waals surface area contributed by atoms with Crippen LogP contribution < -0.4 is 0 Å². The van der Waals surface area contributed by atoms with Crippen molar-refractivity contribution >= 4 is 17.3 Å². The Labute approximate surface area is 118 Å². The predicted octanol–water partition coefficient (Wildman–Crippen LogP) is 2.85. The molecule has 0 amide bonds. The third-order valence-electron chi connectivity index (χ3n) is 2.51. The minimum Gasteiger partial charge on any atom is -0.477 e. The highest BCUT2D eigenvalue weighted by molar-refractivity contribution is 7.14. The van der Waals surface area contributed by atoms with E-state index in [1.54, 1.807) is 0 Å². The summed E-state index contributed by atoms with van der Waals surface area (Å²) in [7, 11) is 3.66. The molecule has 0 saturated carbocycles. The second kappa shape index (κ2) is 5.64. The lowest BCUT2D eigenvalue weighted by Crippen LogP contribution is -2.10. The van der Waals surface area contributed by atoms with Crippen molar-refractivity contribution in [3.63, 3.8) is 0 Å². The van der Waals surface area contributed by atoms with Gasteiger partial charge < -0.3 is 10.0 Å². The average Bonchev–Trinajstić information content (AvgIpc) is 2.76. The van der Waals surface area contributed by atoms with Crippen molar-refractivity contribution < 1.29 is 18.7 Å². The first kappa shape index (κ1) is 14.5. The molecule has 4 nitrogen and oxygen atoms in total. The summed E-state index contributed by atoms with van der Waals surface area (Å²) >= 11 is 1.03. The number of hydrogen-bond acceptors (Lipinski definition) is 4. The van der Waals surface area contributed by atoms with Crippen LogP contribution in [-0.4, -0.2) is 35.1 Å². The maximum absolute atomic E-state index is 13.3. The number of thiazole rings is 1. The van der Waals surface area contributed by atoms with Crippen molar-refractivity contribution in [2.75, 3.05) is 14.1 Å². The van der Waals surface area contributed by atoms with Crippen molar-refractivity contribution in [2.24, 2.45) is 0 Å². The summed E-state index contributed by atoms with van der Waals surface area (Å²) in [5.41, 5.74) is 0.417. The highest BCUT2D eigenvalue weighted by Crippen LogP contribution is 2.29. The molecular weight excluding hydrogens is 286 g/mol. The zero-order valence-electron chi connectivity index (χ0n) is 10.9. The quantitative estimate of drug-likeness (QED) is 0.943. The number of carboxylic acid groups (broad SMARTS) is 1. The number of halogens is 2. The van der Waals surface area contributed by atoms with Gasteiger partial charge in [-0.1, -0.05) is 0 Å². The van der Waals surface area contributed by atoms with E-state index in [-0.39, 0.29) is 16.1 Å². The molecule has 0 bridgehead atoms.